The molecule has 0 radical (unpaired) electrons. The molecule has 0 saturated carbocycles. The number of anilines is 1. The van der Waals surface area contributed by atoms with Gasteiger partial charge in [-0.3, -0.25) is 4.79 Å². The van der Waals surface area contributed by atoms with Crippen LogP contribution in [0, 0.1) is 0 Å². The van der Waals surface area contributed by atoms with Crippen molar-refractivity contribution in [3.05, 3.63) is 65.9 Å². The van der Waals surface area contributed by atoms with E-state index in [-0.39, 0.29) is 11.6 Å². The van der Waals surface area contributed by atoms with Gasteiger partial charge < -0.3 is 19.5 Å². The van der Waals surface area contributed by atoms with Gasteiger partial charge in [-0.2, -0.15) is 0 Å². The van der Waals surface area contributed by atoms with Crippen molar-refractivity contribution >= 4 is 11.6 Å². The molecular formula is C21H21N3O3. The van der Waals surface area contributed by atoms with Crippen molar-refractivity contribution in [1.82, 2.24) is 10.5 Å². The molecule has 0 spiro atoms. The molecule has 2 heterocycles. The van der Waals surface area contributed by atoms with Crippen molar-refractivity contribution in [2.24, 2.45) is 0 Å². The van der Waals surface area contributed by atoms with Crippen LogP contribution in [0.2, 0.25) is 0 Å². The molecule has 3 aromatic rings. The fraction of sp³-hybridized carbons (Fsp3) is 0.238. The number of aromatic nitrogens is 1. The van der Waals surface area contributed by atoms with Gasteiger partial charge in [0.1, 0.15) is 5.75 Å². The van der Waals surface area contributed by atoms with E-state index in [9.17, 15) is 4.79 Å². The molecule has 0 saturated heterocycles. The van der Waals surface area contributed by atoms with Gasteiger partial charge in [-0.25, -0.2) is 0 Å². The van der Waals surface area contributed by atoms with Gasteiger partial charge in [-0.15, -0.1) is 0 Å². The fourth-order valence-corrected chi connectivity index (χ4v) is 3.33. The number of rotatable bonds is 6. The maximum atomic E-state index is 12.4. The van der Waals surface area contributed by atoms with Gasteiger partial charge in [-0.05, 0) is 30.2 Å². The monoisotopic (exact) mass is 363 g/mol. The van der Waals surface area contributed by atoms with Crippen LogP contribution in [0.4, 0.5) is 5.69 Å². The maximum Gasteiger partial charge on any atom is 0.273 e. The number of fused-ring (bicyclic) bond motifs is 1. The molecule has 0 aliphatic carbocycles. The van der Waals surface area contributed by atoms with Crippen LogP contribution in [0.25, 0.3) is 11.3 Å². The van der Waals surface area contributed by atoms with Gasteiger partial charge in [0.25, 0.3) is 5.91 Å². The number of methoxy groups -OCH3 is 1. The summed E-state index contributed by atoms with van der Waals surface area (Å²) in [7, 11) is 1.61. The molecule has 0 bridgehead atoms. The van der Waals surface area contributed by atoms with E-state index < -0.39 is 0 Å². The summed E-state index contributed by atoms with van der Waals surface area (Å²) in [6, 6.07) is 17.5. The molecule has 0 fully saturated rings. The third kappa shape index (κ3) is 3.65. The Labute approximate surface area is 157 Å². The van der Waals surface area contributed by atoms with E-state index in [0.717, 1.165) is 30.8 Å². The zero-order chi connectivity index (χ0) is 18.6. The van der Waals surface area contributed by atoms with E-state index in [1.807, 2.05) is 30.3 Å². The second-order valence-corrected chi connectivity index (χ2v) is 6.43. The van der Waals surface area contributed by atoms with E-state index in [2.05, 4.69) is 33.6 Å². The van der Waals surface area contributed by atoms with Crippen LogP contribution in [0.5, 0.6) is 5.75 Å². The lowest BCUT2D eigenvalue weighted by atomic mass is 10.1. The molecule has 138 valence electrons. The first-order valence-electron chi connectivity index (χ1n) is 8.97. The normalized spacial score (nSPS) is 12.7. The van der Waals surface area contributed by atoms with Crippen molar-refractivity contribution in [2.45, 2.75) is 6.42 Å². The van der Waals surface area contributed by atoms with Crippen molar-refractivity contribution in [3.63, 3.8) is 0 Å². The maximum absolute atomic E-state index is 12.4. The second-order valence-electron chi connectivity index (χ2n) is 6.43. The number of nitrogens with one attached hydrogen (secondary N) is 1. The highest BCUT2D eigenvalue weighted by atomic mass is 16.5. The molecule has 1 aliphatic heterocycles. The molecule has 0 unspecified atom stereocenters. The second kappa shape index (κ2) is 7.53. The summed E-state index contributed by atoms with van der Waals surface area (Å²) in [5.41, 5.74) is 3.71. The Balaban J connectivity index is 1.35. The van der Waals surface area contributed by atoms with Gasteiger partial charge in [0.15, 0.2) is 11.5 Å². The Morgan fingerprint density at radius 1 is 1.22 bits per heavy atom. The average Bonchev–Trinajstić information content (AvgIpc) is 3.36. The number of ether oxygens (including phenoxy) is 1. The highest BCUT2D eigenvalue weighted by molar-refractivity contribution is 5.93. The zero-order valence-corrected chi connectivity index (χ0v) is 15.1. The summed E-state index contributed by atoms with van der Waals surface area (Å²) < 4.78 is 10.5. The van der Waals surface area contributed by atoms with Gasteiger partial charge in [0.2, 0.25) is 0 Å². The molecule has 1 N–H and O–H groups in total. The van der Waals surface area contributed by atoms with Crippen LogP contribution in [0.1, 0.15) is 16.1 Å². The number of para-hydroxylation sites is 1. The van der Waals surface area contributed by atoms with Crippen molar-refractivity contribution in [2.75, 3.05) is 31.6 Å². The lowest BCUT2D eigenvalue weighted by Gasteiger charge is -2.19. The third-order valence-electron chi connectivity index (χ3n) is 4.75. The van der Waals surface area contributed by atoms with E-state index >= 15 is 0 Å². The minimum Gasteiger partial charge on any atom is -0.497 e. The molecule has 6 nitrogen and oxygen atoms in total. The Kier molecular flexibility index (Phi) is 4.78. The number of hydrogen-bond donors (Lipinski definition) is 1. The largest absolute Gasteiger partial charge is 0.497 e. The van der Waals surface area contributed by atoms with Gasteiger partial charge in [0, 0.05) is 37.0 Å². The fourth-order valence-electron chi connectivity index (χ4n) is 3.33. The zero-order valence-electron chi connectivity index (χ0n) is 15.1. The topological polar surface area (TPSA) is 67.6 Å². The predicted octanol–water partition coefficient (Wildman–Crippen LogP) is 3.14. The van der Waals surface area contributed by atoms with E-state index in [4.69, 9.17) is 9.26 Å². The van der Waals surface area contributed by atoms with Gasteiger partial charge in [0.05, 0.1) is 7.11 Å². The SMILES string of the molecule is COc1cccc(-c2cc(C(=O)NCCN3CCc4ccccc43)no2)c1. The lowest BCUT2D eigenvalue weighted by molar-refractivity contribution is 0.0945. The molecule has 4 rings (SSSR count). The minimum atomic E-state index is -0.236. The van der Waals surface area contributed by atoms with E-state index in [1.165, 1.54) is 11.3 Å². The quantitative estimate of drug-likeness (QED) is 0.729. The highest BCUT2D eigenvalue weighted by Gasteiger charge is 2.18. The van der Waals surface area contributed by atoms with Crippen molar-refractivity contribution < 1.29 is 14.1 Å². The third-order valence-corrected chi connectivity index (χ3v) is 4.75. The Bertz CT molecular complexity index is 951. The molecule has 6 heteroatoms. The molecule has 1 aliphatic rings. The predicted molar refractivity (Wildman–Crippen MR) is 103 cm³/mol. The Morgan fingerprint density at radius 2 is 2.11 bits per heavy atom. The molecule has 0 atom stereocenters. The number of hydrogen-bond acceptors (Lipinski definition) is 5. The van der Waals surface area contributed by atoms with E-state index in [0.29, 0.717) is 12.3 Å². The minimum absolute atomic E-state index is 0.236. The lowest BCUT2D eigenvalue weighted by Crippen LogP contribution is -2.34. The van der Waals surface area contributed by atoms with E-state index in [1.54, 1.807) is 13.2 Å². The van der Waals surface area contributed by atoms with Crippen molar-refractivity contribution in [1.29, 1.82) is 0 Å². The number of carbonyl (C=O) groups excluding carboxylic acids is 1. The summed E-state index contributed by atoms with van der Waals surface area (Å²) in [5.74, 6) is 1.02. The molecule has 27 heavy (non-hydrogen) atoms. The van der Waals surface area contributed by atoms with Gasteiger partial charge >= 0.3 is 0 Å². The number of carbonyl (C=O) groups is 1. The first kappa shape index (κ1) is 17.1. The molecular weight excluding hydrogens is 342 g/mol. The summed E-state index contributed by atoms with van der Waals surface area (Å²) in [4.78, 5) is 14.6. The summed E-state index contributed by atoms with van der Waals surface area (Å²) >= 11 is 0. The first-order chi connectivity index (χ1) is 13.2. The van der Waals surface area contributed by atoms with Crippen LogP contribution in [-0.2, 0) is 6.42 Å². The molecule has 1 amide bonds. The van der Waals surface area contributed by atoms with Crippen LogP contribution < -0.4 is 15.0 Å². The number of nitrogens with zero attached hydrogens (tertiary/aromatic N) is 2. The van der Waals surface area contributed by atoms with Gasteiger partial charge in [-0.1, -0.05) is 35.5 Å². The van der Waals surface area contributed by atoms with Crippen LogP contribution in [0.15, 0.2) is 59.1 Å². The van der Waals surface area contributed by atoms with Crippen LogP contribution in [0.3, 0.4) is 0 Å². The number of benzene rings is 2. The first-order valence-corrected chi connectivity index (χ1v) is 8.97. The van der Waals surface area contributed by atoms with Crippen molar-refractivity contribution in [3.8, 4) is 17.1 Å². The summed E-state index contributed by atoms with van der Waals surface area (Å²) in [6.07, 6.45) is 1.05. The highest BCUT2D eigenvalue weighted by Crippen LogP contribution is 2.27. The number of amides is 1. The Morgan fingerprint density at radius 3 is 3.00 bits per heavy atom. The smallest absolute Gasteiger partial charge is 0.273 e. The Hall–Kier alpha value is -3.28. The molecule has 2 aromatic carbocycles. The van der Waals surface area contributed by atoms with Crippen LogP contribution in [-0.4, -0.2) is 37.8 Å². The summed E-state index contributed by atoms with van der Waals surface area (Å²) in [6.45, 7) is 2.30. The summed E-state index contributed by atoms with van der Waals surface area (Å²) in [5, 5.41) is 6.81. The molecule has 1 aromatic heterocycles. The standard InChI is InChI=1S/C21H21N3O3/c1-26-17-7-4-6-16(13-17)20-14-18(23-27-20)21(25)22-10-12-24-11-9-15-5-2-3-8-19(15)24/h2-8,13-14H,9-12H2,1H3,(H,22,25). The van der Waals surface area contributed by atoms with Crippen LogP contribution >= 0.6 is 0 Å². The average molecular weight is 363 g/mol.